The molecule has 1 rings (SSSR count). The fourth-order valence-corrected chi connectivity index (χ4v) is 2.90. The maximum atomic E-state index is 11.2. The van der Waals surface area contributed by atoms with E-state index in [0.29, 0.717) is 9.90 Å². The van der Waals surface area contributed by atoms with Gasteiger partial charge in [-0.1, -0.05) is 11.6 Å². The standard InChI is InChI=1S/C15H16ClN4O2S/c1-15(2,3)22-12(6-11(19)21)20-13(9(7-17)8-18)14-10(16)4-5-23-14/h4-5,12,19-20H,6H2,1-3H3. The number of thiophene rings is 1. The van der Waals surface area contributed by atoms with Gasteiger partial charge in [0.05, 0.1) is 27.6 Å². The van der Waals surface area contributed by atoms with E-state index < -0.39 is 17.7 Å². The van der Waals surface area contributed by atoms with Crippen molar-refractivity contribution in [1.29, 1.82) is 10.5 Å². The Kier molecular flexibility index (Phi) is 6.59. The Labute approximate surface area is 144 Å². The zero-order chi connectivity index (χ0) is 17.6. The summed E-state index contributed by atoms with van der Waals surface area (Å²) in [7, 11) is 0. The van der Waals surface area contributed by atoms with Crippen LogP contribution in [0.4, 0.5) is 0 Å². The molecule has 1 aromatic rings. The molecule has 0 saturated heterocycles. The minimum atomic E-state index is -0.857. The molecular weight excluding hydrogens is 336 g/mol. The molecule has 8 heteroatoms. The molecule has 0 spiro atoms. The van der Waals surface area contributed by atoms with Crippen LogP contribution in [0.25, 0.3) is 5.70 Å². The van der Waals surface area contributed by atoms with Gasteiger partial charge in [-0.05, 0) is 32.2 Å². The second kappa shape index (κ2) is 7.98. The Morgan fingerprint density at radius 2 is 2.09 bits per heavy atom. The van der Waals surface area contributed by atoms with Crippen LogP contribution < -0.4 is 11.1 Å². The summed E-state index contributed by atoms with van der Waals surface area (Å²) in [6, 6.07) is 5.25. The minimum absolute atomic E-state index is 0.172. The zero-order valence-corrected chi connectivity index (χ0v) is 14.5. The van der Waals surface area contributed by atoms with Gasteiger partial charge >= 0.3 is 0 Å². The third-order valence-corrected chi connectivity index (χ3v) is 3.85. The summed E-state index contributed by atoms with van der Waals surface area (Å²) in [5.74, 6) is -0.821. The molecule has 0 aliphatic carbocycles. The van der Waals surface area contributed by atoms with Crippen molar-refractivity contribution in [2.24, 2.45) is 0 Å². The molecule has 0 bridgehead atoms. The number of carbonyl (C=O) groups excluding carboxylic acids is 1. The number of hydrogen-bond donors (Lipinski definition) is 1. The first kappa shape index (κ1) is 19.0. The summed E-state index contributed by atoms with van der Waals surface area (Å²) >= 11 is 7.34. The fraction of sp³-hybridized carbons (Fsp3) is 0.400. The number of halogens is 1. The molecule has 1 radical (unpaired) electrons. The number of nitrogens with one attached hydrogen (secondary N) is 2. The number of rotatable bonds is 6. The molecule has 1 heterocycles. The smallest absolute Gasteiger partial charge is 0.242 e. The van der Waals surface area contributed by atoms with Crippen molar-refractivity contribution >= 4 is 34.5 Å². The van der Waals surface area contributed by atoms with Gasteiger partial charge in [0.25, 0.3) is 0 Å². The Morgan fingerprint density at radius 3 is 2.48 bits per heavy atom. The number of hydrogen-bond acceptors (Lipinski definition) is 6. The third-order valence-electron chi connectivity index (χ3n) is 2.49. The summed E-state index contributed by atoms with van der Waals surface area (Å²) in [6.45, 7) is 5.40. The molecule has 1 unspecified atom stereocenters. The third kappa shape index (κ3) is 5.91. The van der Waals surface area contributed by atoms with E-state index in [0.717, 1.165) is 0 Å². The summed E-state index contributed by atoms with van der Waals surface area (Å²) in [4.78, 5) is 11.7. The van der Waals surface area contributed by atoms with Crippen molar-refractivity contribution in [2.75, 3.05) is 0 Å². The van der Waals surface area contributed by atoms with Crippen LogP contribution in [-0.4, -0.2) is 17.7 Å². The summed E-state index contributed by atoms with van der Waals surface area (Å²) in [5, 5.41) is 23.3. The van der Waals surface area contributed by atoms with Crippen LogP contribution in [0.5, 0.6) is 0 Å². The molecule has 0 aromatic carbocycles. The second-order valence-electron chi connectivity index (χ2n) is 5.56. The number of ether oxygens (including phenoxy) is 1. The lowest BCUT2D eigenvalue weighted by Crippen LogP contribution is -2.39. The normalized spacial score (nSPS) is 11.9. The van der Waals surface area contributed by atoms with E-state index in [-0.39, 0.29) is 17.7 Å². The highest BCUT2D eigenvalue weighted by atomic mass is 35.5. The van der Waals surface area contributed by atoms with Crippen LogP contribution in [0.15, 0.2) is 17.0 Å². The highest BCUT2D eigenvalue weighted by molar-refractivity contribution is 7.11. The van der Waals surface area contributed by atoms with Gasteiger partial charge in [-0.25, -0.2) is 0 Å². The SMILES string of the molecule is CC(C)(C)OC(CC([NH])=O)NC(=C(C#N)C#N)c1sccc1Cl. The van der Waals surface area contributed by atoms with E-state index in [9.17, 15) is 4.79 Å². The first-order valence-corrected chi connectivity index (χ1v) is 7.90. The lowest BCUT2D eigenvalue weighted by molar-refractivity contribution is -0.126. The molecule has 1 amide bonds. The predicted octanol–water partition coefficient (Wildman–Crippen LogP) is 3.09. The van der Waals surface area contributed by atoms with Crippen molar-refractivity contribution in [3.8, 4) is 12.1 Å². The quantitative estimate of drug-likeness (QED) is 0.625. The van der Waals surface area contributed by atoms with Crippen molar-refractivity contribution < 1.29 is 9.53 Å². The monoisotopic (exact) mass is 351 g/mol. The molecule has 1 aromatic heterocycles. The number of amides is 1. The fourth-order valence-electron chi connectivity index (χ4n) is 1.74. The average molecular weight is 352 g/mol. The van der Waals surface area contributed by atoms with Crippen molar-refractivity contribution in [2.45, 2.75) is 39.0 Å². The molecule has 121 valence electrons. The Hall–Kier alpha value is -2.06. The van der Waals surface area contributed by atoms with Crippen LogP contribution in [0.2, 0.25) is 5.02 Å². The van der Waals surface area contributed by atoms with Crippen molar-refractivity contribution in [3.63, 3.8) is 0 Å². The van der Waals surface area contributed by atoms with E-state index in [2.05, 4.69) is 5.32 Å². The molecule has 23 heavy (non-hydrogen) atoms. The lowest BCUT2D eigenvalue weighted by Gasteiger charge is -2.28. The van der Waals surface area contributed by atoms with Gasteiger partial charge in [0.1, 0.15) is 18.4 Å². The van der Waals surface area contributed by atoms with Crippen LogP contribution >= 0.6 is 22.9 Å². The van der Waals surface area contributed by atoms with Crippen LogP contribution in [0.1, 0.15) is 32.1 Å². The Balaban J connectivity index is 3.25. The first-order valence-electron chi connectivity index (χ1n) is 6.64. The molecule has 0 aliphatic rings. The highest BCUT2D eigenvalue weighted by Crippen LogP contribution is 2.30. The zero-order valence-electron chi connectivity index (χ0n) is 12.9. The lowest BCUT2D eigenvalue weighted by atomic mass is 10.1. The van der Waals surface area contributed by atoms with E-state index in [1.54, 1.807) is 44.4 Å². The van der Waals surface area contributed by atoms with E-state index >= 15 is 0 Å². The predicted molar refractivity (Wildman–Crippen MR) is 88.0 cm³/mol. The molecule has 1 atom stereocenters. The van der Waals surface area contributed by atoms with E-state index in [4.69, 9.17) is 32.6 Å². The maximum Gasteiger partial charge on any atom is 0.242 e. The molecule has 0 fully saturated rings. The number of allylic oxidation sites excluding steroid dienone is 1. The summed E-state index contributed by atoms with van der Waals surface area (Å²) < 4.78 is 5.71. The van der Waals surface area contributed by atoms with Gasteiger partial charge in [-0.15, -0.1) is 11.3 Å². The van der Waals surface area contributed by atoms with E-state index in [1.165, 1.54) is 11.3 Å². The largest absolute Gasteiger partial charge is 0.357 e. The van der Waals surface area contributed by atoms with Crippen LogP contribution in [0.3, 0.4) is 0 Å². The van der Waals surface area contributed by atoms with Gasteiger partial charge in [-0.2, -0.15) is 10.5 Å². The highest BCUT2D eigenvalue weighted by Gasteiger charge is 2.24. The summed E-state index contributed by atoms with van der Waals surface area (Å²) in [5.41, 5.74) is 6.59. The molecule has 0 saturated carbocycles. The summed E-state index contributed by atoms with van der Waals surface area (Å²) in [6.07, 6.45) is -1.08. The van der Waals surface area contributed by atoms with Crippen LogP contribution in [-0.2, 0) is 9.53 Å². The van der Waals surface area contributed by atoms with Gasteiger partial charge in [-0.3, -0.25) is 10.5 Å². The average Bonchev–Trinajstić information content (AvgIpc) is 2.82. The van der Waals surface area contributed by atoms with Gasteiger partial charge in [0.15, 0.2) is 5.57 Å². The van der Waals surface area contributed by atoms with Crippen molar-refractivity contribution in [1.82, 2.24) is 11.1 Å². The number of nitriles is 2. The number of nitrogens with zero attached hydrogens (tertiary/aromatic N) is 2. The first-order chi connectivity index (χ1) is 10.7. The van der Waals surface area contributed by atoms with Gasteiger partial charge in [0.2, 0.25) is 5.91 Å². The maximum absolute atomic E-state index is 11.2. The number of carbonyl (C=O) groups is 1. The van der Waals surface area contributed by atoms with Crippen LogP contribution in [0, 0.1) is 22.7 Å². The van der Waals surface area contributed by atoms with E-state index in [1.807, 2.05) is 0 Å². The van der Waals surface area contributed by atoms with Crippen molar-refractivity contribution in [3.05, 3.63) is 26.9 Å². The second-order valence-corrected chi connectivity index (χ2v) is 6.89. The molecular formula is C15H16ClN4O2S. The molecule has 6 nitrogen and oxygen atoms in total. The Bertz CT molecular complexity index is 676. The topological polar surface area (TPSA) is 110 Å². The molecule has 0 aliphatic heterocycles. The van der Waals surface area contributed by atoms with Gasteiger partial charge in [0, 0.05) is 0 Å². The van der Waals surface area contributed by atoms with Gasteiger partial charge < -0.3 is 10.1 Å². The Morgan fingerprint density at radius 1 is 1.48 bits per heavy atom. The molecule has 2 N–H and O–H groups in total. The minimum Gasteiger partial charge on any atom is -0.357 e.